The van der Waals surface area contributed by atoms with Crippen molar-refractivity contribution in [3.8, 4) is 0 Å². The minimum Gasteiger partial charge on any atom is -0.380 e. The molecular formula is C15H24N2O. The summed E-state index contributed by atoms with van der Waals surface area (Å²) < 4.78 is 5.26. The molecule has 3 nitrogen and oxygen atoms in total. The Morgan fingerprint density at radius 3 is 2.72 bits per heavy atom. The van der Waals surface area contributed by atoms with Crippen LogP contribution in [-0.2, 0) is 11.2 Å². The first-order valence-corrected chi connectivity index (χ1v) is 6.70. The average molecular weight is 248 g/mol. The molecule has 0 bridgehead atoms. The van der Waals surface area contributed by atoms with Crippen molar-refractivity contribution in [2.45, 2.75) is 20.3 Å². The number of hydrogen-bond donors (Lipinski definition) is 2. The number of benzene rings is 1. The Morgan fingerprint density at radius 1 is 1.33 bits per heavy atom. The van der Waals surface area contributed by atoms with Gasteiger partial charge < -0.3 is 15.8 Å². The highest BCUT2D eigenvalue weighted by Gasteiger charge is 2.36. The fourth-order valence-corrected chi connectivity index (χ4v) is 2.33. The van der Waals surface area contributed by atoms with E-state index in [1.54, 1.807) is 0 Å². The van der Waals surface area contributed by atoms with E-state index in [0.29, 0.717) is 6.54 Å². The fraction of sp³-hybridized carbons (Fsp3) is 0.600. The Balaban J connectivity index is 1.76. The second kappa shape index (κ2) is 5.83. The predicted molar refractivity (Wildman–Crippen MR) is 74.8 cm³/mol. The summed E-state index contributed by atoms with van der Waals surface area (Å²) in [4.78, 5) is 0. The summed E-state index contributed by atoms with van der Waals surface area (Å²) in [5.74, 6) is 0. The summed E-state index contributed by atoms with van der Waals surface area (Å²) in [7, 11) is 0. The molecule has 1 aliphatic heterocycles. The van der Waals surface area contributed by atoms with Gasteiger partial charge in [0.2, 0.25) is 0 Å². The largest absolute Gasteiger partial charge is 0.380 e. The van der Waals surface area contributed by atoms with Gasteiger partial charge in [-0.05, 0) is 37.9 Å². The summed E-state index contributed by atoms with van der Waals surface area (Å²) in [5.41, 5.74) is 10.1. The number of rotatable bonds is 6. The molecule has 1 fully saturated rings. The molecule has 3 heteroatoms. The Kier molecular flexibility index (Phi) is 4.38. The first kappa shape index (κ1) is 13.5. The average Bonchev–Trinajstić information content (AvgIpc) is 2.31. The first-order valence-electron chi connectivity index (χ1n) is 6.70. The van der Waals surface area contributed by atoms with Gasteiger partial charge in [0.25, 0.3) is 0 Å². The Morgan fingerprint density at radius 2 is 2.11 bits per heavy atom. The lowest BCUT2D eigenvalue weighted by Gasteiger charge is -2.40. The molecule has 0 amide bonds. The quantitative estimate of drug-likeness (QED) is 0.748. The summed E-state index contributed by atoms with van der Waals surface area (Å²) in [6, 6.07) is 6.65. The van der Waals surface area contributed by atoms with Crippen LogP contribution in [0, 0.1) is 19.3 Å². The van der Waals surface area contributed by atoms with Crippen LogP contribution >= 0.6 is 0 Å². The standard InChI is InChI=1S/C15H24N2O/c1-12-3-4-13(2)14(7-12)5-6-17-9-15(8-16)10-18-11-15/h3-4,7,17H,5-6,8-11,16H2,1-2H3. The van der Waals surface area contributed by atoms with Gasteiger partial charge in [-0.25, -0.2) is 0 Å². The molecule has 2 rings (SSSR count). The summed E-state index contributed by atoms with van der Waals surface area (Å²) >= 11 is 0. The maximum absolute atomic E-state index is 5.79. The zero-order chi connectivity index (χ0) is 13.0. The summed E-state index contributed by atoms with van der Waals surface area (Å²) in [6.45, 7) is 8.62. The smallest absolute Gasteiger partial charge is 0.0569 e. The van der Waals surface area contributed by atoms with Gasteiger partial charge in [-0.1, -0.05) is 23.8 Å². The minimum absolute atomic E-state index is 0.196. The van der Waals surface area contributed by atoms with E-state index in [-0.39, 0.29) is 5.41 Å². The van der Waals surface area contributed by atoms with Gasteiger partial charge in [-0.3, -0.25) is 0 Å². The number of nitrogens with one attached hydrogen (secondary N) is 1. The van der Waals surface area contributed by atoms with E-state index in [1.165, 1.54) is 16.7 Å². The lowest BCUT2D eigenvalue weighted by Crippen LogP contribution is -2.54. The van der Waals surface area contributed by atoms with Crippen LogP contribution in [0.3, 0.4) is 0 Å². The maximum atomic E-state index is 5.79. The van der Waals surface area contributed by atoms with Gasteiger partial charge in [-0.15, -0.1) is 0 Å². The van der Waals surface area contributed by atoms with Crippen molar-refractivity contribution >= 4 is 0 Å². The Bertz CT molecular complexity index is 394. The van der Waals surface area contributed by atoms with Crippen molar-refractivity contribution in [3.63, 3.8) is 0 Å². The van der Waals surface area contributed by atoms with E-state index in [2.05, 4.69) is 37.4 Å². The normalized spacial score (nSPS) is 17.5. The van der Waals surface area contributed by atoms with Crippen LogP contribution in [-0.4, -0.2) is 32.8 Å². The van der Waals surface area contributed by atoms with Crippen molar-refractivity contribution in [2.24, 2.45) is 11.1 Å². The molecule has 1 aromatic rings. The van der Waals surface area contributed by atoms with Crippen molar-refractivity contribution in [1.29, 1.82) is 0 Å². The third kappa shape index (κ3) is 3.10. The SMILES string of the molecule is Cc1ccc(C)c(CCNCC2(CN)COC2)c1. The van der Waals surface area contributed by atoms with Crippen LogP contribution in [0.1, 0.15) is 16.7 Å². The highest BCUT2D eigenvalue weighted by Crippen LogP contribution is 2.24. The van der Waals surface area contributed by atoms with Crippen LogP contribution < -0.4 is 11.1 Å². The highest BCUT2D eigenvalue weighted by molar-refractivity contribution is 5.30. The van der Waals surface area contributed by atoms with E-state index in [4.69, 9.17) is 10.5 Å². The molecule has 0 spiro atoms. The van der Waals surface area contributed by atoms with E-state index >= 15 is 0 Å². The van der Waals surface area contributed by atoms with Crippen LogP contribution in [0.4, 0.5) is 0 Å². The molecule has 0 radical (unpaired) electrons. The van der Waals surface area contributed by atoms with Gasteiger partial charge in [0.1, 0.15) is 0 Å². The second-order valence-electron chi connectivity index (χ2n) is 5.55. The molecule has 0 aliphatic carbocycles. The lowest BCUT2D eigenvalue weighted by molar-refractivity contribution is -0.104. The van der Waals surface area contributed by atoms with E-state index in [9.17, 15) is 0 Å². The topological polar surface area (TPSA) is 47.3 Å². The number of hydrogen-bond acceptors (Lipinski definition) is 3. The zero-order valence-corrected chi connectivity index (χ0v) is 11.5. The second-order valence-corrected chi connectivity index (χ2v) is 5.55. The molecule has 0 unspecified atom stereocenters. The number of ether oxygens (including phenoxy) is 1. The third-order valence-corrected chi connectivity index (χ3v) is 3.83. The van der Waals surface area contributed by atoms with E-state index < -0.39 is 0 Å². The maximum Gasteiger partial charge on any atom is 0.0569 e. The van der Waals surface area contributed by atoms with Gasteiger partial charge >= 0.3 is 0 Å². The fourth-order valence-electron chi connectivity index (χ4n) is 2.33. The van der Waals surface area contributed by atoms with Gasteiger partial charge in [-0.2, -0.15) is 0 Å². The van der Waals surface area contributed by atoms with Crippen molar-refractivity contribution in [2.75, 3.05) is 32.8 Å². The van der Waals surface area contributed by atoms with E-state index in [1.807, 2.05) is 0 Å². The Hall–Kier alpha value is -0.900. The lowest BCUT2D eigenvalue weighted by atomic mass is 9.86. The molecule has 3 N–H and O–H groups in total. The van der Waals surface area contributed by atoms with Crippen molar-refractivity contribution < 1.29 is 4.74 Å². The first-order chi connectivity index (χ1) is 8.65. The summed E-state index contributed by atoms with van der Waals surface area (Å²) in [5, 5.41) is 3.51. The van der Waals surface area contributed by atoms with Gasteiger partial charge in [0.15, 0.2) is 0 Å². The van der Waals surface area contributed by atoms with Gasteiger partial charge in [0, 0.05) is 18.5 Å². The third-order valence-electron chi connectivity index (χ3n) is 3.83. The minimum atomic E-state index is 0.196. The molecular weight excluding hydrogens is 224 g/mol. The van der Waals surface area contributed by atoms with Crippen molar-refractivity contribution in [3.05, 3.63) is 34.9 Å². The molecule has 1 aliphatic rings. The van der Waals surface area contributed by atoms with Crippen LogP contribution in [0.2, 0.25) is 0 Å². The summed E-state index contributed by atoms with van der Waals surface area (Å²) in [6.07, 6.45) is 1.08. The highest BCUT2D eigenvalue weighted by atomic mass is 16.5. The van der Waals surface area contributed by atoms with Crippen LogP contribution in [0.5, 0.6) is 0 Å². The number of nitrogens with two attached hydrogens (primary N) is 1. The molecule has 0 aromatic heterocycles. The number of aryl methyl sites for hydroxylation is 2. The molecule has 0 saturated carbocycles. The molecule has 100 valence electrons. The molecule has 1 aromatic carbocycles. The molecule has 1 saturated heterocycles. The van der Waals surface area contributed by atoms with Crippen molar-refractivity contribution in [1.82, 2.24) is 5.32 Å². The molecule has 1 heterocycles. The Labute approximate surface area is 110 Å². The molecule has 0 atom stereocenters. The van der Waals surface area contributed by atoms with Gasteiger partial charge in [0.05, 0.1) is 13.2 Å². The van der Waals surface area contributed by atoms with Crippen LogP contribution in [0.15, 0.2) is 18.2 Å². The van der Waals surface area contributed by atoms with Crippen LogP contribution in [0.25, 0.3) is 0 Å². The predicted octanol–water partition coefficient (Wildman–Crippen LogP) is 1.41. The molecule has 18 heavy (non-hydrogen) atoms. The monoisotopic (exact) mass is 248 g/mol. The van der Waals surface area contributed by atoms with E-state index in [0.717, 1.165) is 32.7 Å². The zero-order valence-electron chi connectivity index (χ0n) is 11.5.